The van der Waals surface area contributed by atoms with Crippen molar-refractivity contribution in [3.8, 4) is 0 Å². The Kier molecular flexibility index (Phi) is 3.84. The van der Waals surface area contributed by atoms with Crippen LogP contribution in [-0.2, 0) is 4.84 Å². The maximum absolute atomic E-state index is 5.51. The van der Waals surface area contributed by atoms with Crippen LogP contribution in [0.4, 0.5) is 0 Å². The zero-order valence-corrected chi connectivity index (χ0v) is 8.95. The van der Waals surface area contributed by atoms with E-state index in [1.807, 2.05) is 6.21 Å². The van der Waals surface area contributed by atoms with Crippen LogP contribution in [-0.4, -0.2) is 12.3 Å². The second kappa shape index (κ2) is 5.38. The third kappa shape index (κ3) is 3.00. The summed E-state index contributed by atoms with van der Waals surface area (Å²) in [5.74, 6) is 0.707. The van der Waals surface area contributed by atoms with E-state index in [2.05, 4.69) is 5.16 Å². The first-order chi connectivity index (χ1) is 6.95. The topological polar surface area (TPSA) is 21.6 Å². The molecule has 2 heteroatoms. The molecule has 2 saturated carbocycles. The summed E-state index contributed by atoms with van der Waals surface area (Å²) in [7, 11) is 0. The minimum absolute atomic E-state index is 0.418. The Morgan fingerprint density at radius 2 is 1.50 bits per heavy atom. The first-order valence-corrected chi connectivity index (χ1v) is 6.14. The fraction of sp³-hybridized carbons (Fsp3) is 0.917. The van der Waals surface area contributed by atoms with Crippen molar-refractivity contribution in [1.82, 2.24) is 0 Å². The van der Waals surface area contributed by atoms with Gasteiger partial charge in [-0.1, -0.05) is 24.4 Å². The number of oxime groups is 1. The van der Waals surface area contributed by atoms with E-state index in [0.29, 0.717) is 12.0 Å². The molecule has 0 aromatic rings. The Hall–Kier alpha value is -0.530. The maximum Gasteiger partial charge on any atom is 0.127 e. The van der Waals surface area contributed by atoms with E-state index >= 15 is 0 Å². The van der Waals surface area contributed by atoms with Crippen molar-refractivity contribution in [3.63, 3.8) is 0 Å². The lowest BCUT2D eigenvalue weighted by atomic mass is 9.98. The predicted molar refractivity (Wildman–Crippen MR) is 58.4 cm³/mol. The summed E-state index contributed by atoms with van der Waals surface area (Å²) in [6.07, 6.45) is 14.3. The minimum Gasteiger partial charge on any atom is -0.393 e. The van der Waals surface area contributed by atoms with Crippen molar-refractivity contribution in [2.45, 2.75) is 63.9 Å². The van der Waals surface area contributed by atoms with Crippen molar-refractivity contribution in [2.24, 2.45) is 11.1 Å². The lowest BCUT2D eigenvalue weighted by Crippen LogP contribution is -2.14. The van der Waals surface area contributed by atoms with Gasteiger partial charge in [-0.25, -0.2) is 0 Å². The van der Waals surface area contributed by atoms with Gasteiger partial charge in [-0.15, -0.1) is 0 Å². The average Bonchev–Trinajstić information content (AvgIpc) is 2.72. The molecular formula is C12H21NO. The molecule has 0 unspecified atom stereocenters. The van der Waals surface area contributed by atoms with Gasteiger partial charge in [-0.3, -0.25) is 0 Å². The van der Waals surface area contributed by atoms with Gasteiger partial charge in [0, 0.05) is 6.21 Å². The third-order valence-corrected chi connectivity index (χ3v) is 3.43. The van der Waals surface area contributed by atoms with Crippen LogP contribution in [0.2, 0.25) is 0 Å². The molecule has 2 fully saturated rings. The van der Waals surface area contributed by atoms with E-state index in [4.69, 9.17) is 4.84 Å². The largest absolute Gasteiger partial charge is 0.393 e. The highest BCUT2D eigenvalue weighted by molar-refractivity contribution is 5.60. The molecule has 0 aromatic heterocycles. The maximum atomic E-state index is 5.51. The normalized spacial score (nSPS) is 26.0. The van der Waals surface area contributed by atoms with E-state index in [0.717, 1.165) is 0 Å². The Morgan fingerprint density at radius 1 is 0.857 bits per heavy atom. The second-order valence-corrected chi connectivity index (χ2v) is 4.66. The molecular weight excluding hydrogens is 174 g/mol. The van der Waals surface area contributed by atoms with Gasteiger partial charge in [0.05, 0.1) is 0 Å². The zero-order valence-electron chi connectivity index (χ0n) is 8.95. The Morgan fingerprint density at radius 3 is 2.21 bits per heavy atom. The molecule has 0 amide bonds. The van der Waals surface area contributed by atoms with Crippen LogP contribution in [0.5, 0.6) is 0 Å². The standard InChI is InChI=1S/C12H21NO/c1-2-8-12(9-3-1)14-13-10-11-6-4-5-7-11/h10-12H,1-9H2. The summed E-state index contributed by atoms with van der Waals surface area (Å²) in [6, 6.07) is 0. The van der Waals surface area contributed by atoms with Crippen molar-refractivity contribution >= 4 is 6.21 Å². The summed E-state index contributed by atoms with van der Waals surface area (Å²) in [4.78, 5) is 5.51. The molecule has 0 aromatic carbocycles. The van der Waals surface area contributed by atoms with Crippen LogP contribution in [0.3, 0.4) is 0 Å². The van der Waals surface area contributed by atoms with Gasteiger partial charge in [-0.2, -0.15) is 0 Å². The van der Waals surface area contributed by atoms with Gasteiger partial charge < -0.3 is 4.84 Å². The van der Waals surface area contributed by atoms with E-state index in [1.165, 1.54) is 57.8 Å². The Balaban J connectivity index is 1.64. The van der Waals surface area contributed by atoms with Gasteiger partial charge in [0.15, 0.2) is 0 Å². The monoisotopic (exact) mass is 195 g/mol. The van der Waals surface area contributed by atoms with Crippen LogP contribution in [0.15, 0.2) is 5.16 Å². The van der Waals surface area contributed by atoms with Crippen molar-refractivity contribution < 1.29 is 4.84 Å². The number of nitrogens with zero attached hydrogens (tertiary/aromatic N) is 1. The second-order valence-electron chi connectivity index (χ2n) is 4.66. The molecule has 0 N–H and O–H groups in total. The number of hydrogen-bond donors (Lipinski definition) is 0. The Bertz CT molecular complexity index is 179. The molecule has 0 aliphatic heterocycles. The van der Waals surface area contributed by atoms with E-state index in [-0.39, 0.29) is 0 Å². The molecule has 14 heavy (non-hydrogen) atoms. The van der Waals surface area contributed by atoms with Crippen LogP contribution >= 0.6 is 0 Å². The fourth-order valence-electron chi connectivity index (χ4n) is 2.48. The summed E-state index contributed by atoms with van der Waals surface area (Å²) in [6.45, 7) is 0. The zero-order chi connectivity index (χ0) is 9.64. The summed E-state index contributed by atoms with van der Waals surface area (Å²) in [5, 5.41) is 4.15. The highest BCUT2D eigenvalue weighted by atomic mass is 16.6. The van der Waals surface area contributed by atoms with Gasteiger partial charge in [0.1, 0.15) is 6.10 Å². The van der Waals surface area contributed by atoms with Crippen LogP contribution in [0.25, 0.3) is 0 Å². The molecule has 0 radical (unpaired) electrons. The van der Waals surface area contributed by atoms with E-state index in [1.54, 1.807) is 0 Å². The Labute approximate surface area is 86.7 Å². The van der Waals surface area contributed by atoms with Crippen molar-refractivity contribution in [1.29, 1.82) is 0 Å². The number of rotatable bonds is 3. The molecule has 0 bridgehead atoms. The van der Waals surface area contributed by atoms with Gasteiger partial charge in [0.2, 0.25) is 0 Å². The summed E-state index contributed by atoms with van der Waals surface area (Å²) >= 11 is 0. The average molecular weight is 195 g/mol. The van der Waals surface area contributed by atoms with Gasteiger partial charge in [0.25, 0.3) is 0 Å². The summed E-state index contributed by atoms with van der Waals surface area (Å²) < 4.78 is 0. The SMILES string of the molecule is C(=NOC1CCCCC1)C1CCCC1. The van der Waals surface area contributed by atoms with Crippen molar-refractivity contribution in [2.75, 3.05) is 0 Å². The molecule has 0 spiro atoms. The molecule has 0 atom stereocenters. The van der Waals surface area contributed by atoms with Gasteiger partial charge >= 0.3 is 0 Å². The molecule has 2 aliphatic carbocycles. The molecule has 0 saturated heterocycles. The number of hydrogen-bond acceptors (Lipinski definition) is 2. The van der Waals surface area contributed by atoms with Crippen LogP contribution < -0.4 is 0 Å². The van der Waals surface area contributed by atoms with Crippen LogP contribution in [0.1, 0.15) is 57.8 Å². The predicted octanol–water partition coefficient (Wildman–Crippen LogP) is 3.51. The lowest BCUT2D eigenvalue weighted by molar-refractivity contribution is 0.0331. The lowest BCUT2D eigenvalue weighted by Gasteiger charge is -2.19. The quantitative estimate of drug-likeness (QED) is 0.499. The fourth-order valence-corrected chi connectivity index (χ4v) is 2.48. The molecule has 0 heterocycles. The smallest absolute Gasteiger partial charge is 0.127 e. The molecule has 2 rings (SSSR count). The highest BCUT2D eigenvalue weighted by Gasteiger charge is 2.15. The van der Waals surface area contributed by atoms with E-state index < -0.39 is 0 Å². The molecule has 80 valence electrons. The first-order valence-electron chi connectivity index (χ1n) is 6.14. The summed E-state index contributed by atoms with van der Waals surface area (Å²) in [5.41, 5.74) is 0. The molecule has 2 nitrogen and oxygen atoms in total. The van der Waals surface area contributed by atoms with Crippen LogP contribution in [0, 0.1) is 5.92 Å². The van der Waals surface area contributed by atoms with Crippen molar-refractivity contribution in [3.05, 3.63) is 0 Å². The minimum atomic E-state index is 0.418. The first kappa shape index (κ1) is 10.0. The molecule has 2 aliphatic rings. The third-order valence-electron chi connectivity index (χ3n) is 3.43. The van der Waals surface area contributed by atoms with Gasteiger partial charge in [-0.05, 0) is 44.4 Å². The van der Waals surface area contributed by atoms with E-state index in [9.17, 15) is 0 Å². The highest BCUT2D eigenvalue weighted by Crippen LogP contribution is 2.24.